The maximum atomic E-state index is 12.5. The minimum atomic E-state index is -3.61. The normalized spacial score (nSPS) is 14.0. The number of sulfonamides is 1. The van der Waals surface area contributed by atoms with E-state index in [9.17, 15) is 13.2 Å². The molecule has 0 bridgehead atoms. The third-order valence-electron chi connectivity index (χ3n) is 4.37. The van der Waals surface area contributed by atoms with E-state index in [0.29, 0.717) is 17.6 Å². The molecule has 2 aromatic carbocycles. The van der Waals surface area contributed by atoms with Gasteiger partial charge in [-0.05, 0) is 72.4 Å². The summed E-state index contributed by atoms with van der Waals surface area (Å²) in [5.74, 6) is 0.417. The molecule has 0 spiro atoms. The van der Waals surface area contributed by atoms with Gasteiger partial charge in [-0.1, -0.05) is 17.7 Å². The molecule has 0 aliphatic heterocycles. The van der Waals surface area contributed by atoms with E-state index in [4.69, 9.17) is 4.74 Å². The predicted octanol–water partition coefficient (Wildman–Crippen LogP) is 3.32. The third kappa shape index (κ3) is 5.33. The molecule has 1 aliphatic rings. The first kappa shape index (κ1) is 20.8. The lowest BCUT2D eigenvalue weighted by Crippen LogP contribution is -2.29. The van der Waals surface area contributed by atoms with Gasteiger partial charge in [-0.2, -0.15) is 0 Å². The van der Waals surface area contributed by atoms with Crippen LogP contribution < -0.4 is 14.8 Å². The van der Waals surface area contributed by atoms with Crippen molar-refractivity contribution in [3.63, 3.8) is 0 Å². The van der Waals surface area contributed by atoms with E-state index in [2.05, 4.69) is 26.0 Å². The zero-order valence-corrected chi connectivity index (χ0v) is 18.2. The van der Waals surface area contributed by atoms with Crippen LogP contribution in [0.25, 0.3) is 0 Å². The van der Waals surface area contributed by atoms with Gasteiger partial charge in [-0.15, -0.1) is 0 Å². The Morgan fingerprint density at radius 1 is 1.18 bits per heavy atom. The number of ether oxygens (including phenoxy) is 1. The van der Waals surface area contributed by atoms with Gasteiger partial charge in [-0.3, -0.25) is 4.79 Å². The van der Waals surface area contributed by atoms with Gasteiger partial charge in [0.05, 0.1) is 17.0 Å². The standard InChI is InChI=1S/C20H23BrN2O4S/c1-13-3-8-19(14(2)11-13)27-10-9-22-20(24)17-12-16(6-7-18(17)21)28(25,26)23-15-4-5-15/h3,6-8,11-12,15,23H,4-5,9-10H2,1-2H3,(H,22,24). The first-order chi connectivity index (χ1) is 13.3. The molecule has 0 heterocycles. The van der Waals surface area contributed by atoms with Crippen LogP contribution >= 0.6 is 15.9 Å². The fourth-order valence-corrected chi connectivity index (χ4v) is 4.47. The number of rotatable bonds is 8. The van der Waals surface area contributed by atoms with Crippen LogP contribution in [-0.2, 0) is 10.0 Å². The molecule has 8 heteroatoms. The molecule has 1 fully saturated rings. The Morgan fingerprint density at radius 2 is 1.93 bits per heavy atom. The average molecular weight is 467 g/mol. The number of halogens is 1. The molecule has 0 saturated heterocycles. The molecule has 3 rings (SSSR count). The summed E-state index contributed by atoms with van der Waals surface area (Å²) in [6, 6.07) is 10.4. The van der Waals surface area contributed by atoms with Gasteiger partial charge >= 0.3 is 0 Å². The second kappa shape index (κ2) is 8.63. The molecule has 150 valence electrons. The Balaban J connectivity index is 1.59. The summed E-state index contributed by atoms with van der Waals surface area (Å²) in [5, 5.41) is 2.76. The number of hydrogen-bond donors (Lipinski definition) is 2. The van der Waals surface area contributed by atoms with E-state index in [1.54, 1.807) is 6.07 Å². The van der Waals surface area contributed by atoms with Crippen molar-refractivity contribution in [2.45, 2.75) is 37.6 Å². The first-order valence-corrected chi connectivity index (χ1v) is 11.3. The summed E-state index contributed by atoms with van der Waals surface area (Å²) in [6.07, 6.45) is 1.70. The summed E-state index contributed by atoms with van der Waals surface area (Å²) < 4.78 is 33.6. The zero-order chi connectivity index (χ0) is 20.3. The smallest absolute Gasteiger partial charge is 0.252 e. The maximum Gasteiger partial charge on any atom is 0.252 e. The lowest BCUT2D eigenvalue weighted by atomic mass is 10.1. The SMILES string of the molecule is Cc1ccc(OCCNC(=O)c2cc(S(=O)(=O)NC3CC3)ccc2Br)c(C)c1. The van der Waals surface area contributed by atoms with E-state index >= 15 is 0 Å². The van der Waals surface area contributed by atoms with Crippen molar-refractivity contribution in [2.75, 3.05) is 13.2 Å². The molecular weight excluding hydrogens is 444 g/mol. The average Bonchev–Trinajstić information content (AvgIpc) is 3.43. The molecule has 2 aromatic rings. The fraction of sp³-hybridized carbons (Fsp3) is 0.350. The van der Waals surface area contributed by atoms with Crippen molar-refractivity contribution in [2.24, 2.45) is 0 Å². The Morgan fingerprint density at radius 3 is 2.61 bits per heavy atom. The largest absolute Gasteiger partial charge is 0.491 e. The van der Waals surface area contributed by atoms with Crippen molar-refractivity contribution < 1.29 is 17.9 Å². The van der Waals surface area contributed by atoms with E-state index in [1.165, 1.54) is 12.1 Å². The number of nitrogens with one attached hydrogen (secondary N) is 2. The van der Waals surface area contributed by atoms with Gasteiger partial charge in [0.15, 0.2) is 0 Å². The second-order valence-corrected chi connectivity index (χ2v) is 9.48. The minimum Gasteiger partial charge on any atom is -0.491 e. The van der Waals surface area contributed by atoms with Crippen LogP contribution in [0.1, 0.15) is 34.3 Å². The molecule has 0 radical (unpaired) electrons. The molecule has 6 nitrogen and oxygen atoms in total. The van der Waals surface area contributed by atoms with Crippen LogP contribution in [0.15, 0.2) is 45.8 Å². The number of benzene rings is 2. The predicted molar refractivity (Wildman–Crippen MR) is 111 cm³/mol. The van der Waals surface area contributed by atoms with Gasteiger partial charge in [0, 0.05) is 10.5 Å². The molecule has 1 aliphatic carbocycles. The number of carbonyl (C=O) groups is 1. The number of carbonyl (C=O) groups excluding carboxylic acids is 1. The fourth-order valence-electron chi connectivity index (χ4n) is 2.72. The van der Waals surface area contributed by atoms with Gasteiger partial charge in [0.25, 0.3) is 5.91 Å². The number of aryl methyl sites for hydroxylation is 2. The van der Waals surface area contributed by atoms with Crippen LogP contribution in [0.2, 0.25) is 0 Å². The first-order valence-electron chi connectivity index (χ1n) is 9.06. The maximum absolute atomic E-state index is 12.5. The summed E-state index contributed by atoms with van der Waals surface area (Å²) in [6.45, 7) is 4.60. The third-order valence-corrected chi connectivity index (χ3v) is 6.58. The molecule has 28 heavy (non-hydrogen) atoms. The van der Waals surface area contributed by atoms with Crippen LogP contribution in [-0.4, -0.2) is 33.5 Å². The van der Waals surface area contributed by atoms with Gasteiger partial charge in [0.1, 0.15) is 12.4 Å². The van der Waals surface area contributed by atoms with Crippen LogP contribution in [0, 0.1) is 13.8 Å². The Hall–Kier alpha value is -1.90. The van der Waals surface area contributed by atoms with Crippen molar-refractivity contribution in [3.05, 3.63) is 57.6 Å². The quantitative estimate of drug-likeness (QED) is 0.584. The van der Waals surface area contributed by atoms with E-state index in [-0.39, 0.29) is 22.4 Å². The van der Waals surface area contributed by atoms with E-state index < -0.39 is 10.0 Å². The molecule has 0 aromatic heterocycles. The lowest BCUT2D eigenvalue weighted by Gasteiger charge is -2.12. The number of hydrogen-bond acceptors (Lipinski definition) is 4. The van der Waals surface area contributed by atoms with E-state index in [0.717, 1.165) is 29.7 Å². The van der Waals surface area contributed by atoms with Crippen LogP contribution in [0.3, 0.4) is 0 Å². The monoisotopic (exact) mass is 466 g/mol. The van der Waals surface area contributed by atoms with Crippen molar-refractivity contribution >= 4 is 31.9 Å². The molecule has 1 saturated carbocycles. The summed E-state index contributed by atoms with van der Waals surface area (Å²) in [5.41, 5.74) is 2.47. The van der Waals surface area contributed by atoms with Crippen LogP contribution in [0.4, 0.5) is 0 Å². The lowest BCUT2D eigenvalue weighted by molar-refractivity contribution is 0.0946. The summed E-state index contributed by atoms with van der Waals surface area (Å²) in [4.78, 5) is 12.6. The van der Waals surface area contributed by atoms with Crippen molar-refractivity contribution in [3.8, 4) is 5.75 Å². The summed E-state index contributed by atoms with van der Waals surface area (Å²) >= 11 is 3.32. The molecule has 1 amide bonds. The highest BCUT2D eigenvalue weighted by Gasteiger charge is 2.28. The highest BCUT2D eigenvalue weighted by molar-refractivity contribution is 9.10. The zero-order valence-electron chi connectivity index (χ0n) is 15.8. The minimum absolute atomic E-state index is 0.00769. The van der Waals surface area contributed by atoms with Crippen molar-refractivity contribution in [1.29, 1.82) is 0 Å². The highest BCUT2D eigenvalue weighted by Crippen LogP contribution is 2.25. The Labute approximate surface area is 173 Å². The van der Waals surface area contributed by atoms with Gasteiger partial charge in [-0.25, -0.2) is 13.1 Å². The van der Waals surface area contributed by atoms with Gasteiger partial charge in [0.2, 0.25) is 10.0 Å². The molecule has 0 unspecified atom stereocenters. The Bertz CT molecular complexity index is 988. The highest BCUT2D eigenvalue weighted by atomic mass is 79.9. The topological polar surface area (TPSA) is 84.5 Å². The van der Waals surface area contributed by atoms with Gasteiger partial charge < -0.3 is 10.1 Å². The molecule has 0 atom stereocenters. The number of amides is 1. The summed E-state index contributed by atoms with van der Waals surface area (Å²) in [7, 11) is -3.61. The molecule has 2 N–H and O–H groups in total. The van der Waals surface area contributed by atoms with Crippen LogP contribution in [0.5, 0.6) is 5.75 Å². The van der Waals surface area contributed by atoms with Crippen molar-refractivity contribution in [1.82, 2.24) is 10.0 Å². The Kier molecular flexibility index (Phi) is 6.42. The molecular formula is C20H23BrN2O4S. The second-order valence-electron chi connectivity index (χ2n) is 6.91. The van der Waals surface area contributed by atoms with E-state index in [1.807, 2.05) is 32.0 Å².